The fraction of sp³-hybridized carbons (Fsp3) is 0.103. The zero-order chi connectivity index (χ0) is 24.5. The Hall–Kier alpha value is -4.42. The lowest BCUT2D eigenvalue weighted by atomic mass is 9.94. The van der Waals surface area contributed by atoms with E-state index in [0.29, 0.717) is 34.6 Å². The number of carbonyl (C=O) groups is 2. The summed E-state index contributed by atoms with van der Waals surface area (Å²) in [5, 5.41) is 21.0. The molecule has 1 atom stereocenters. The molecular formula is C29H22O6. The summed E-state index contributed by atoms with van der Waals surface area (Å²) < 4.78 is 11.1. The number of hydrogen-bond acceptors (Lipinski definition) is 6. The molecule has 6 nitrogen and oxygen atoms in total. The van der Waals surface area contributed by atoms with Crippen LogP contribution in [0.3, 0.4) is 0 Å². The van der Waals surface area contributed by atoms with E-state index in [-0.39, 0.29) is 5.75 Å². The molecule has 0 aliphatic heterocycles. The molecule has 174 valence electrons. The summed E-state index contributed by atoms with van der Waals surface area (Å²) in [6.07, 6.45) is 3.51. The molecule has 0 spiro atoms. The Labute approximate surface area is 201 Å². The summed E-state index contributed by atoms with van der Waals surface area (Å²) in [5.74, 6) is -0.161. The first-order valence-electron chi connectivity index (χ1n) is 11.1. The number of rotatable bonds is 4. The fourth-order valence-electron chi connectivity index (χ4n) is 4.06. The van der Waals surface area contributed by atoms with Crippen LogP contribution in [0.15, 0.2) is 78.9 Å². The van der Waals surface area contributed by atoms with Gasteiger partial charge in [0.2, 0.25) is 0 Å². The van der Waals surface area contributed by atoms with Crippen molar-refractivity contribution in [3.63, 3.8) is 0 Å². The number of ether oxygens (including phenoxy) is 2. The highest BCUT2D eigenvalue weighted by molar-refractivity contribution is 5.97. The highest BCUT2D eigenvalue weighted by atomic mass is 16.5. The van der Waals surface area contributed by atoms with E-state index in [1.54, 1.807) is 85.8 Å². The van der Waals surface area contributed by atoms with Crippen molar-refractivity contribution in [1.29, 1.82) is 0 Å². The van der Waals surface area contributed by atoms with Crippen molar-refractivity contribution in [2.75, 3.05) is 0 Å². The first-order chi connectivity index (χ1) is 16.9. The average Bonchev–Trinajstić information content (AvgIpc) is 2.84. The Kier molecular flexibility index (Phi) is 5.81. The quantitative estimate of drug-likeness (QED) is 0.316. The maximum absolute atomic E-state index is 12.7. The van der Waals surface area contributed by atoms with Gasteiger partial charge in [-0.25, -0.2) is 9.59 Å². The lowest BCUT2D eigenvalue weighted by Crippen LogP contribution is -2.14. The number of aryl methyl sites for hydroxylation is 1. The van der Waals surface area contributed by atoms with E-state index in [9.17, 15) is 19.8 Å². The monoisotopic (exact) mass is 466 g/mol. The number of phenolic OH excluding ortho intramolecular Hbond substituents is 1. The van der Waals surface area contributed by atoms with Gasteiger partial charge in [-0.1, -0.05) is 30.4 Å². The maximum Gasteiger partial charge on any atom is 0.343 e. The largest absolute Gasteiger partial charge is 0.508 e. The van der Waals surface area contributed by atoms with Crippen LogP contribution in [0.1, 0.15) is 37.4 Å². The van der Waals surface area contributed by atoms with E-state index in [4.69, 9.17) is 9.47 Å². The molecule has 1 aliphatic carbocycles. The zero-order valence-electron chi connectivity index (χ0n) is 18.9. The Bertz CT molecular complexity index is 1500. The van der Waals surface area contributed by atoms with E-state index >= 15 is 0 Å². The third kappa shape index (κ3) is 4.78. The third-order valence-electron chi connectivity index (χ3n) is 5.93. The van der Waals surface area contributed by atoms with Crippen molar-refractivity contribution in [3.05, 3.63) is 107 Å². The number of benzene rings is 4. The minimum absolute atomic E-state index is 0.160. The number of aromatic hydroxyl groups is 1. The van der Waals surface area contributed by atoms with Crippen molar-refractivity contribution < 1.29 is 29.3 Å². The van der Waals surface area contributed by atoms with Gasteiger partial charge in [-0.2, -0.15) is 0 Å². The van der Waals surface area contributed by atoms with Crippen molar-refractivity contribution in [3.8, 4) is 17.2 Å². The molecule has 0 saturated heterocycles. The second-order valence-electron chi connectivity index (χ2n) is 8.50. The number of aliphatic hydroxyl groups is 1. The molecule has 0 radical (unpaired) electrons. The first-order valence-corrected chi connectivity index (χ1v) is 11.1. The van der Waals surface area contributed by atoms with E-state index in [1.807, 2.05) is 6.07 Å². The SMILES string of the molecule is Cc1cc(OC(=O)c2ccc3cc(O)ccc3c2)ccc1OC(=O)c1ccc2c(c1)C=CC(O)C2. The van der Waals surface area contributed by atoms with Gasteiger partial charge in [0.05, 0.1) is 17.2 Å². The topological polar surface area (TPSA) is 93.1 Å². The molecule has 5 rings (SSSR count). The van der Waals surface area contributed by atoms with Gasteiger partial charge in [0.1, 0.15) is 17.2 Å². The van der Waals surface area contributed by atoms with Crippen LogP contribution in [0.25, 0.3) is 16.8 Å². The predicted octanol–water partition coefficient (Wildman–Crippen LogP) is 5.22. The molecule has 0 bridgehead atoms. The molecule has 4 aromatic carbocycles. The van der Waals surface area contributed by atoms with Crippen LogP contribution < -0.4 is 9.47 Å². The first kappa shape index (κ1) is 22.4. The Morgan fingerprint density at radius 3 is 2.37 bits per heavy atom. The van der Waals surface area contributed by atoms with Crippen molar-refractivity contribution >= 4 is 28.8 Å². The van der Waals surface area contributed by atoms with Gasteiger partial charge >= 0.3 is 11.9 Å². The molecule has 0 aromatic heterocycles. The van der Waals surface area contributed by atoms with E-state index in [0.717, 1.165) is 21.9 Å². The summed E-state index contributed by atoms with van der Waals surface area (Å²) in [5.41, 5.74) is 3.28. The second-order valence-corrected chi connectivity index (χ2v) is 8.50. The van der Waals surface area contributed by atoms with Gasteiger partial charge in [-0.3, -0.25) is 0 Å². The van der Waals surface area contributed by atoms with Gasteiger partial charge in [0, 0.05) is 6.42 Å². The summed E-state index contributed by atoms with van der Waals surface area (Å²) in [4.78, 5) is 25.3. The zero-order valence-corrected chi connectivity index (χ0v) is 18.9. The van der Waals surface area contributed by atoms with Crippen LogP contribution in [0.5, 0.6) is 17.2 Å². The van der Waals surface area contributed by atoms with Crippen molar-refractivity contribution in [2.45, 2.75) is 19.4 Å². The molecule has 0 heterocycles. The standard InChI is InChI=1S/C29H22O6/c1-17-12-26(34-28(32)22-4-2-20-15-24(30)8-6-18(20)13-22)10-11-27(17)35-29(33)23-5-3-21-16-25(31)9-7-19(21)14-23/h2-15,25,30-31H,16H2,1H3. The summed E-state index contributed by atoms with van der Waals surface area (Å²) in [6.45, 7) is 1.76. The number of hydrogen-bond donors (Lipinski definition) is 2. The molecule has 4 aromatic rings. The van der Waals surface area contributed by atoms with Crippen LogP contribution in [0, 0.1) is 6.92 Å². The molecule has 2 N–H and O–H groups in total. The maximum atomic E-state index is 12.7. The van der Waals surface area contributed by atoms with E-state index < -0.39 is 18.0 Å². The average molecular weight is 466 g/mol. The van der Waals surface area contributed by atoms with Crippen LogP contribution >= 0.6 is 0 Å². The number of carbonyl (C=O) groups excluding carboxylic acids is 2. The lowest BCUT2D eigenvalue weighted by Gasteiger charge is -2.16. The summed E-state index contributed by atoms with van der Waals surface area (Å²) >= 11 is 0. The number of aliphatic hydroxyl groups excluding tert-OH is 1. The normalized spacial score (nSPS) is 14.4. The molecule has 0 amide bonds. The van der Waals surface area contributed by atoms with Crippen LogP contribution in [0.4, 0.5) is 0 Å². The number of phenols is 1. The Morgan fingerprint density at radius 2 is 1.54 bits per heavy atom. The summed E-state index contributed by atoms with van der Waals surface area (Å²) in [6, 6.07) is 20.1. The van der Waals surface area contributed by atoms with Gasteiger partial charge in [-0.15, -0.1) is 0 Å². The van der Waals surface area contributed by atoms with Gasteiger partial charge in [0.25, 0.3) is 0 Å². The second kappa shape index (κ2) is 9.08. The van der Waals surface area contributed by atoms with Crippen molar-refractivity contribution in [2.24, 2.45) is 0 Å². The number of esters is 2. The van der Waals surface area contributed by atoms with Crippen LogP contribution in [-0.4, -0.2) is 28.3 Å². The minimum atomic E-state index is -0.517. The van der Waals surface area contributed by atoms with E-state index in [1.165, 1.54) is 0 Å². The lowest BCUT2D eigenvalue weighted by molar-refractivity contribution is 0.0718. The molecule has 35 heavy (non-hydrogen) atoms. The molecule has 0 saturated carbocycles. The molecule has 0 fully saturated rings. The molecule has 1 aliphatic rings. The predicted molar refractivity (Wildman–Crippen MR) is 132 cm³/mol. The highest BCUT2D eigenvalue weighted by Gasteiger charge is 2.17. The van der Waals surface area contributed by atoms with Crippen LogP contribution in [-0.2, 0) is 6.42 Å². The van der Waals surface area contributed by atoms with Crippen molar-refractivity contribution in [1.82, 2.24) is 0 Å². The van der Waals surface area contributed by atoms with Gasteiger partial charge in [0.15, 0.2) is 0 Å². The number of fused-ring (bicyclic) bond motifs is 2. The molecule has 1 unspecified atom stereocenters. The van der Waals surface area contributed by atoms with E-state index in [2.05, 4.69) is 0 Å². The molecular weight excluding hydrogens is 444 g/mol. The van der Waals surface area contributed by atoms with Crippen LogP contribution in [0.2, 0.25) is 0 Å². The smallest absolute Gasteiger partial charge is 0.343 e. The van der Waals surface area contributed by atoms with Gasteiger partial charge < -0.3 is 19.7 Å². The highest BCUT2D eigenvalue weighted by Crippen LogP contribution is 2.27. The minimum Gasteiger partial charge on any atom is -0.508 e. The Morgan fingerprint density at radius 1 is 0.829 bits per heavy atom. The Balaban J connectivity index is 1.28. The van der Waals surface area contributed by atoms with Gasteiger partial charge in [-0.05, 0) is 89.0 Å². The molecule has 6 heteroatoms. The third-order valence-corrected chi connectivity index (χ3v) is 5.93. The summed E-state index contributed by atoms with van der Waals surface area (Å²) in [7, 11) is 0. The fourth-order valence-corrected chi connectivity index (χ4v) is 4.06.